The standard InChI is InChI=1S/C18H15N/c1-2-6-13(7-3-1)14-10-11-18-16(12-14)15-8-4-5-9-17(15)19-18/h1-12,15,17,19H. The summed E-state index contributed by atoms with van der Waals surface area (Å²) in [5.41, 5.74) is 5.26. The number of anilines is 1. The third-order valence-corrected chi connectivity index (χ3v) is 3.97. The first-order valence-electron chi connectivity index (χ1n) is 6.73. The van der Waals surface area contributed by atoms with E-state index in [1.54, 1.807) is 0 Å². The Morgan fingerprint density at radius 1 is 0.789 bits per heavy atom. The van der Waals surface area contributed by atoms with Gasteiger partial charge in [0.15, 0.2) is 0 Å². The summed E-state index contributed by atoms with van der Waals surface area (Å²) in [6, 6.07) is 17.7. The van der Waals surface area contributed by atoms with Gasteiger partial charge in [0.05, 0.1) is 6.04 Å². The molecule has 19 heavy (non-hydrogen) atoms. The first kappa shape index (κ1) is 10.6. The van der Waals surface area contributed by atoms with E-state index in [0.29, 0.717) is 12.0 Å². The fourth-order valence-corrected chi connectivity index (χ4v) is 3.00. The molecule has 1 nitrogen and oxygen atoms in total. The van der Waals surface area contributed by atoms with Crippen molar-refractivity contribution >= 4 is 5.69 Å². The van der Waals surface area contributed by atoms with Gasteiger partial charge in [-0.15, -0.1) is 0 Å². The highest BCUT2D eigenvalue weighted by Crippen LogP contribution is 2.40. The van der Waals surface area contributed by atoms with E-state index in [1.165, 1.54) is 22.4 Å². The zero-order valence-electron chi connectivity index (χ0n) is 10.6. The Morgan fingerprint density at radius 2 is 1.63 bits per heavy atom. The lowest BCUT2D eigenvalue weighted by molar-refractivity contribution is 0.805. The van der Waals surface area contributed by atoms with Crippen LogP contribution < -0.4 is 5.32 Å². The molecule has 2 atom stereocenters. The molecule has 1 heteroatoms. The predicted molar refractivity (Wildman–Crippen MR) is 80.3 cm³/mol. The summed E-state index contributed by atoms with van der Waals surface area (Å²) in [7, 11) is 0. The van der Waals surface area contributed by atoms with Gasteiger partial charge < -0.3 is 5.32 Å². The topological polar surface area (TPSA) is 12.0 Å². The van der Waals surface area contributed by atoms with E-state index in [-0.39, 0.29) is 0 Å². The highest BCUT2D eigenvalue weighted by molar-refractivity contribution is 5.72. The second-order valence-electron chi connectivity index (χ2n) is 5.13. The molecule has 0 saturated carbocycles. The van der Waals surface area contributed by atoms with Gasteiger partial charge in [0.1, 0.15) is 0 Å². The first-order chi connectivity index (χ1) is 9.42. The molecule has 0 bridgehead atoms. The van der Waals surface area contributed by atoms with Crippen LogP contribution in [0.3, 0.4) is 0 Å². The molecule has 0 radical (unpaired) electrons. The van der Waals surface area contributed by atoms with Crippen LogP contribution in [-0.2, 0) is 0 Å². The van der Waals surface area contributed by atoms with E-state index in [1.807, 2.05) is 0 Å². The van der Waals surface area contributed by atoms with Crippen molar-refractivity contribution in [1.29, 1.82) is 0 Å². The quantitative estimate of drug-likeness (QED) is 0.787. The minimum atomic E-state index is 0.422. The molecule has 0 amide bonds. The van der Waals surface area contributed by atoms with E-state index in [2.05, 4.69) is 78.2 Å². The number of hydrogen-bond acceptors (Lipinski definition) is 1. The SMILES string of the molecule is C1=CC2Nc3ccc(-c4ccccc4)cc3C2C=C1. The molecule has 1 heterocycles. The van der Waals surface area contributed by atoms with Crippen LogP contribution in [0.15, 0.2) is 72.8 Å². The summed E-state index contributed by atoms with van der Waals surface area (Å²) in [6.45, 7) is 0. The third kappa shape index (κ3) is 1.70. The van der Waals surface area contributed by atoms with Crippen molar-refractivity contribution in [1.82, 2.24) is 0 Å². The van der Waals surface area contributed by atoms with Gasteiger partial charge in [-0.3, -0.25) is 0 Å². The number of nitrogens with one attached hydrogen (secondary N) is 1. The minimum Gasteiger partial charge on any atom is -0.378 e. The summed E-state index contributed by atoms with van der Waals surface area (Å²) < 4.78 is 0. The van der Waals surface area contributed by atoms with E-state index in [0.717, 1.165) is 0 Å². The summed E-state index contributed by atoms with van der Waals surface area (Å²) in [6.07, 6.45) is 8.80. The maximum atomic E-state index is 3.58. The van der Waals surface area contributed by atoms with Crippen molar-refractivity contribution in [3.8, 4) is 11.1 Å². The molecule has 0 spiro atoms. The van der Waals surface area contributed by atoms with Crippen LogP contribution in [0.1, 0.15) is 11.5 Å². The lowest BCUT2D eigenvalue weighted by Crippen LogP contribution is -2.17. The van der Waals surface area contributed by atoms with Crippen molar-refractivity contribution in [2.24, 2.45) is 0 Å². The Kier molecular flexibility index (Phi) is 2.31. The molecular formula is C18H15N. The van der Waals surface area contributed by atoms with Crippen molar-refractivity contribution in [2.45, 2.75) is 12.0 Å². The molecule has 2 unspecified atom stereocenters. The number of fused-ring (bicyclic) bond motifs is 3. The molecule has 92 valence electrons. The smallest absolute Gasteiger partial charge is 0.0551 e. The van der Waals surface area contributed by atoms with E-state index in [9.17, 15) is 0 Å². The van der Waals surface area contributed by atoms with Crippen LogP contribution in [0.25, 0.3) is 11.1 Å². The fourth-order valence-electron chi connectivity index (χ4n) is 3.00. The maximum absolute atomic E-state index is 3.58. The molecule has 2 aromatic carbocycles. The second-order valence-corrected chi connectivity index (χ2v) is 5.13. The fraction of sp³-hybridized carbons (Fsp3) is 0.111. The van der Waals surface area contributed by atoms with Crippen LogP contribution in [0.4, 0.5) is 5.69 Å². The lowest BCUT2D eigenvalue weighted by atomic mass is 9.90. The Labute approximate surface area is 113 Å². The van der Waals surface area contributed by atoms with Crippen molar-refractivity contribution in [2.75, 3.05) is 5.32 Å². The molecule has 0 fully saturated rings. The highest BCUT2D eigenvalue weighted by Gasteiger charge is 2.29. The van der Waals surface area contributed by atoms with Crippen LogP contribution in [0.5, 0.6) is 0 Å². The second kappa shape index (κ2) is 4.13. The predicted octanol–water partition coefficient (Wildman–Crippen LogP) is 4.36. The Balaban J connectivity index is 1.80. The molecule has 0 aromatic heterocycles. The van der Waals surface area contributed by atoms with Crippen LogP contribution >= 0.6 is 0 Å². The van der Waals surface area contributed by atoms with Gasteiger partial charge >= 0.3 is 0 Å². The van der Waals surface area contributed by atoms with Gasteiger partial charge in [0, 0.05) is 11.6 Å². The number of hydrogen-bond donors (Lipinski definition) is 1. The van der Waals surface area contributed by atoms with Gasteiger partial charge in [0.2, 0.25) is 0 Å². The first-order valence-corrected chi connectivity index (χ1v) is 6.73. The number of rotatable bonds is 1. The molecule has 2 aromatic rings. The van der Waals surface area contributed by atoms with Crippen LogP contribution in [0.2, 0.25) is 0 Å². The van der Waals surface area contributed by atoms with Gasteiger partial charge in [-0.2, -0.15) is 0 Å². The molecule has 1 aliphatic carbocycles. The van der Waals surface area contributed by atoms with Crippen molar-refractivity contribution < 1.29 is 0 Å². The Morgan fingerprint density at radius 3 is 2.53 bits per heavy atom. The monoisotopic (exact) mass is 245 g/mol. The van der Waals surface area contributed by atoms with Gasteiger partial charge in [-0.05, 0) is 28.8 Å². The van der Waals surface area contributed by atoms with E-state index >= 15 is 0 Å². The minimum absolute atomic E-state index is 0.422. The van der Waals surface area contributed by atoms with Crippen LogP contribution in [-0.4, -0.2) is 6.04 Å². The van der Waals surface area contributed by atoms with Crippen molar-refractivity contribution in [3.63, 3.8) is 0 Å². The van der Waals surface area contributed by atoms with Gasteiger partial charge in [-0.25, -0.2) is 0 Å². The van der Waals surface area contributed by atoms with Crippen LogP contribution in [0, 0.1) is 0 Å². The average molecular weight is 245 g/mol. The molecular weight excluding hydrogens is 230 g/mol. The number of benzene rings is 2. The summed E-state index contributed by atoms with van der Waals surface area (Å²) in [4.78, 5) is 0. The highest BCUT2D eigenvalue weighted by atomic mass is 15.0. The zero-order valence-corrected chi connectivity index (χ0v) is 10.6. The zero-order chi connectivity index (χ0) is 12.7. The molecule has 0 saturated heterocycles. The Bertz CT molecular complexity index is 667. The van der Waals surface area contributed by atoms with E-state index in [4.69, 9.17) is 0 Å². The van der Waals surface area contributed by atoms with Gasteiger partial charge in [0.25, 0.3) is 0 Å². The molecule has 2 aliphatic rings. The Hall–Kier alpha value is -2.28. The lowest BCUT2D eigenvalue weighted by Gasteiger charge is -2.15. The van der Waals surface area contributed by atoms with Gasteiger partial charge in [-0.1, -0.05) is 60.7 Å². The summed E-state index contributed by atoms with van der Waals surface area (Å²) in [5.74, 6) is 0.476. The van der Waals surface area contributed by atoms with E-state index < -0.39 is 0 Å². The summed E-state index contributed by atoms with van der Waals surface area (Å²) in [5, 5.41) is 3.58. The molecule has 1 N–H and O–H groups in total. The summed E-state index contributed by atoms with van der Waals surface area (Å²) >= 11 is 0. The largest absolute Gasteiger partial charge is 0.378 e. The number of allylic oxidation sites excluding steroid dienone is 2. The van der Waals surface area contributed by atoms with Crippen molar-refractivity contribution in [3.05, 3.63) is 78.4 Å². The molecule has 4 rings (SSSR count). The third-order valence-electron chi connectivity index (χ3n) is 3.97. The maximum Gasteiger partial charge on any atom is 0.0551 e. The normalized spacial score (nSPS) is 22.7. The average Bonchev–Trinajstić information content (AvgIpc) is 2.86. The molecule has 1 aliphatic heterocycles.